The summed E-state index contributed by atoms with van der Waals surface area (Å²) in [6.45, 7) is -0.559. The molecule has 0 aliphatic heterocycles. The molecule has 2 N–H and O–H groups in total. The van der Waals surface area contributed by atoms with Crippen molar-refractivity contribution in [1.29, 1.82) is 0 Å². The lowest BCUT2D eigenvalue weighted by Crippen LogP contribution is -2.27. The second-order valence-corrected chi connectivity index (χ2v) is 8.23. The lowest BCUT2D eigenvalue weighted by Gasteiger charge is -2.11. The number of nitrogens with one attached hydrogen (secondary N) is 2. The third kappa shape index (κ3) is 4.44. The van der Waals surface area contributed by atoms with Crippen LogP contribution in [0.5, 0.6) is 0 Å². The Kier molecular flexibility index (Phi) is 5.69. The number of rotatable bonds is 6. The standard InChI is InChI=1S/C21H16ClFN2O4S/c22-18-14-8-5-11(23)9-16(14)30-19(18)21(28)29-10-17(26)25-15-4-2-1-3-13(15)20(27)24-12-6-7-12/h1-5,8-9,12H,6-7,10H2,(H,24,27)(H,25,26). The zero-order chi connectivity index (χ0) is 21.3. The fraction of sp³-hybridized carbons (Fsp3) is 0.190. The predicted molar refractivity (Wildman–Crippen MR) is 113 cm³/mol. The summed E-state index contributed by atoms with van der Waals surface area (Å²) in [5.74, 6) is -2.09. The quantitative estimate of drug-likeness (QED) is 0.550. The predicted octanol–water partition coefficient (Wildman–Crippen LogP) is 4.38. The Morgan fingerprint density at radius 3 is 2.70 bits per heavy atom. The van der Waals surface area contributed by atoms with Crippen molar-refractivity contribution in [2.75, 3.05) is 11.9 Å². The molecule has 6 nitrogen and oxygen atoms in total. The molecule has 1 aliphatic rings. The first-order valence-electron chi connectivity index (χ1n) is 9.17. The molecule has 0 spiro atoms. The maximum Gasteiger partial charge on any atom is 0.350 e. The van der Waals surface area contributed by atoms with E-state index in [-0.39, 0.29) is 21.8 Å². The normalized spacial score (nSPS) is 13.1. The van der Waals surface area contributed by atoms with Crippen molar-refractivity contribution in [2.24, 2.45) is 0 Å². The number of fused-ring (bicyclic) bond motifs is 1. The van der Waals surface area contributed by atoms with E-state index in [9.17, 15) is 18.8 Å². The average Bonchev–Trinajstić information content (AvgIpc) is 3.48. The molecule has 1 heterocycles. The van der Waals surface area contributed by atoms with Crippen LogP contribution in [0.15, 0.2) is 42.5 Å². The first kappa shape index (κ1) is 20.3. The number of para-hydroxylation sites is 1. The topological polar surface area (TPSA) is 84.5 Å². The molecule has 0 bridgehead atoms. The fourth-order valence-corrected chi connectivity index (χ4v) is 4.26. The Bertz CT molecular complexity index is 1160. The van der Waals surface area contributed by atoms with Crippen molar-refractivity contribution in [1.82, 2.24) is 5.32 Å². The summed E-state index contributed by atoms with van der Waals surface area (Å²) in [5, 5.41) is 6.14. The molecule has 2 amide bonds. The van der Waals surface area contributed by atoms with Crippen LogP contribution in [0.25, 0.3) is 10.1 Å². The second-order valence-electron chi connectivity index (χ2n) is 6.80. The number of amides is 2. The Morgan fingerprint density at radius 1 is 1.17 bits per heavy atom. The van der Waals surface area contributed by atoms with Crippen molar-refractivity contribution in [2.45, 2.75) is 18.9 Å². The molecule has 1 aliphatic carbocycles. The van der Waals surface area contributed by atoms with Gasteiger partial charge >= 0.3 is 5.97 Å². The number of carbonyl (C=O) groups is 3. The molecule has 2 aromatic carbocycles. The first-order valence-corrected chi connectivity index (χ1v) is 10.4. The van der Waals surface area contributed by atoms with E-state index < -0.39 is 24.3 Å². The monoisotopic (exact) mass is 446 g/mol. The highest BCUT2D eigenvalue weighted by molar-refractivity contribution is 7.21. The summed E-state index contributed by atoms with van der Waals surface area (Å²) in [6.07, 6.45) is 1.90. The van der Waals surface area contributed by atoms with Gasteiger partial charge in [0.15, 0.2) is 6.61 Å². The van der Waals surface area contributed by atoms with E-state index in [1.165, 1.54) is 18.2 Å². The van der Waals surface area contributed by atoms with Crippen molar-refractivity contribution >= 4 is 56.5 Å². The summed E-state index contributed by atoms with van der Waals surface area (Å²) in [6, 6.07) is 10.8. The van der Waals surface area contributed by atoms with Crippen LogP contribution in [0.4, 0.5) is 10.1 Å². The number of carbonyl (C=O) groups excluding carboxylic acids is 3. The van der Waals surface area contributed by atoms with Crippen LogP contribution in [0.2, 0.25) is 5.02 Å². The van der Waals surface area contributed by atoms with Gasteiger partial charge in [0.05, 0.1) is 16.3 Å². The number of hydrogen-bond acceptors (Lipinski definition) is 5. The Morgan fingerprint density at radius 2 is 1.93 bits per heavy atom. The molecule has 154 valence electrons. The summed E-state index contributed by atoms with van der Waals surface area (Å²) in [7, 11) is 0. The molecule has 0 unspecified atom stereocenters. The minimum absolute atomic E-state index is 0.0919. The number of hydrogen-bond donors (Lipinski definition) is 2. The zero-order valence-corrected chi connectivity index (χ0v) is 17.1. The second kappa shape index (κ2) is 8.41. The van der Waals surface area contributed by atoms with E-state index in [1.807, 2.05) is 0 Å². The molecule has 9 heteroatoms. The van der Waals surface area contributed by atoms with Crippen LogP contribution in [0.3, 0.4) is 0 Å². The highest BCUT2D eigenvalue weighted by atomic mass is 35.5. The molecule has 3 aromatic rings. The summed E-state index contributed by atoms with van der Waals surface area (Å²) >= 11 is 7.18. The summed E-state index contributed by atoms with van der Waals surface area (Å²) < 4.78 is 18.9. The molecular weight excluding hydrogens is 431 g/mol. The number of thiophene rings is 1. The van der Waals surface area contributed by atoms with Gasteiger partial charge in [-0.3, -0.25) is 9.59 Å². The third-order valence-electron chi connectivity index (χ3n) is 4.47. The van der Waals surface area contributed by atoms with Gasteiger partial charge in [-0.05, 0) is 43.2 Å². The lowest BCUT2D eigenvalue weighted by molar-refractivity contribution is -0.119. The number of esters is 1. The molecule has 0 saturated heterocycles. The minimum atomic E-state index is -0.781. The molecular formula is C21H16ClFN2O4S. The van der Waals surface area contributed by atoms with Crippen molar-refractivity contribution in [3.05, 3.63) is 63.7 Å². The van der Waals surface area contributed by atoms with Gasteiger partial charge in [-0.15, -0.1) is 11.3 Å². The summed E-state index contributed by atoms with van der Waals surface area (Å²) in [4.78, 5) is 37.0. The number of benzene rings is 2. The maximum atomic E-state index is 13.4. The molecule has 0 radical (unpaired) electrons. The van der Waals surface area contributed by atoms with Crippen LogP contribution in [0.1, 0.15) is 32.9 Å². The lowest BCUT2D eigenvalue weighted by atomic mass is 10.1. The molecule has 1 fully saturated rings. The largest absolute Gasteiger partial charge is 0.451 e. The van der Waals surface area contributed by atoms with Gasteiger partial charge in [0, 0.05) is 16.1 Å². The SMILES string of the molecule is O=C(COC(=O)c1sc2cc(F)ccc2c1Cl)Nc1ccccc1C(=O)NC1CC1. The van der Waals surface area contributed by atoms with E-state index in [1.54, 1.807) is 24.3 Å². The van der Waals surface area contributed by atoms with Crippen molar-refractivity contribution < 1.29 is 23.5 Å². The van der Waals surface area contributed by atoms with Gasteiger partial charge in [-0.2, -0.15) is 0 Å². The smallest absolute Gasteiger partial charge is 0.350 e. The molecule has 0 atom stereocenters. The van der Waals surface area contributed by atoms with Crippen molar-refractivity contribution in [3.63, 3.8) is 0 Å². The van der Waals surface area contributed by atoms with E-state index in [0.717, 1.165) is 24.2 Å². The Hall–Kier alpha value is -2.97. The van der Waals surface area contributed by atoms with Crippen LogP contribution in [0, 0.1) is 5.82 Å². The maximum absolute atomic E-state index is 13.4. The van der Waals surface area contributed by atoms with Crippen molar-refractivity contribution in [3.8, 4) is 0 Å². The van der Waals surface area contributed by atoms with Gasteiger partial charge in [-0.25, -0.2) is 9.18 Å². The average molecular weight is 447 g/mol. The van der Waals surface area contributed by atoms with Gasteiger partial charge < -0.3 is 15.4 Å². The van der Waals surface area contributed by atoms with Crippen LogP contribution < -0.4 is 10.6 Å². The highest BCUT2D eigenvalue weighted by Crippen LogP contribution is 2.36. The fourth-order valence-electron chi connectivity index (χ4n) is 2.83. The van der Waals surface area contributed by atoms with Gasteiger partial charge in [0.25, 0.3) is 11.8 Å². The number of anilines is 1. The van der Waals surface area contributed by atoms with Crippen LogP contribution in [-0.4, -0.2) is 30.4 Å². The number of ether oxygens (including phenoxy) is 1. The Balaban J connectivity index is 1.40. The van der Waals surface area contributed by atoms with Gasteiger partial charge in [-0.1, -0.05) is 23.7 Å². The van der Waals surface area contributed by atoms with Crippen LogP contribution in [-0.2, 0) is 9.53 Å². The first-order chi connectivity index (χ1) is 14.4. The number of halogens is 2. The van der Waals surface area contributed by atoms with E-state index in [4.69, 9.17) is 16.3 Å². The molecule has 1 aromatic heterocycles. The van der Waals surface area contributed by atoms with Gasteiger partial charge in [0.1, 0.15) is 10.7 Å². The highest BCUT2D eigenvalue weighted by Gasteiger charge is 2.25. The molecule has 4 rings (SSSR count). The van der Waals surface area contributed by atoms with E-state index in [0.29, 0.717) is 21.3 Å². The minimum Gasteiger partial charge on any atom is -0.451 e. The summed E-state index contributed by atoms with van der Waals surface area (Å²) in [5.41, 5.74) is 0.658. The van der Waals surface area contributed by atoms with Gasteiger partial charge in [0.2, 0.25) is 0 Å². The van der Waals surface area contributed by atoms with Crippen LogP contribution >= 0.6 is 22.9 Å². The third-order valence-corrected chi connectivity index (χ3v) is 6.11. The molecule has 30 heavy (non-hydrogen) atoms. The molecule has 1 saturated carbocycles. The zero-order valence-electron chi connectivity index (χ0n) is 15.5. The van der Waals surface area contributed by atoms with E-state index >= 15 is 0 Å². The van der Waals surface area contributed by atoms with E-state index in [2.05, 4.69) is 10.6 Å². The Labute approximate surface area is 180 Å².